The summed E-state index contributed by atoms with van der Waals surface area (Å²) >= 11 is 6.94. The molecule has 0 aromatic heterocycles. The predicted molar refractivity (Wildman–Crippen MR) is 44.6 cm³/mol. The van der Waals surface area contributed by atoms with E-state index in [1.807, 2.05) is 12.1 Å². The highest BCUT2D eigenvalue weighted by molar-refractivity contribution is 7.93. The Labute approximate surface area is 73.3 Å². The molecular formula is C7H5ClNOS+. The van der Waals surface area contributed by atoms with Crippen molar-refractivity contribution in [1.29, 1.82) is 0 Å². The molecule has 1 aromatic carbocycles. The van der Waals surface area contributed by atoms with Gasteiger partial charge in [0.15, 0.2) is 0 Å². The first-order valence-electron chi connectivity index (χ1n) is 3.17. The minimum Gasteiger partial charge on any atom is -0.0843 e. The number of fused-ring (bicyclic) bond motifs is 1. The van der Waals surface area contributed by atoms with Gasteiger partial charge in [0.05, 0.1) is 9.06 Å². The molecule has 1 aliphatic heterocycles. The van der Waals surface area contributed by atoms with Gasteiger partial charge in [-0.25, -0.2) is 0 Å². The Morgan fingerprint density at radius 2 is 2.36 bits per heavy atom. The number of benzene rings is 1. The highest BCUT2D eigenvalue weighted by Gasteiger charge is 2.27. The fourth-order valence-corrected chi connectivity index (χ4v) is 2.11. The summed E-state index contributed by atoms with van der Waals surface area (Å²) in [4.78, 5) is 11.8. The predicted octanol–water partition coefficient (Wildman–Crippen LogP) is 2.64. The Morgan fingerprint density at radius 1 is 1.55 bits per heavy atom. The van der Waals surface area contributed by atoms with Crippen molar-refractivity contribution in [3.05, 3.63) is 33.7 Å². The summed E-state index contributed by atoms with van der Waals surface area (Å²) in [6.07, 6.45) is 0. The van der Waals surface area contributed by atoms with Crippen LogP contribution in [0, 0.1) is 4.91 Å². The van der Waals surface area contributed by atoms with E-state index in [0.717, 1.165) is 14.6 Å². The van der Waals surface area contributed by atoms with Gasteiger partial charge in [-0.15, -0.1) is 0 Å². The number of hydrogen-bond acceptors (Lipinski definition) is 2. The second-order valence-corrected chi connectivity index (χ2v) is 3.80. The third-order valence-corrected chi connectivity index (χ3v) is 2.67. The van der Waals surface area contributed by atoms with Crippen molar-refractivity contribution in [2.24, 2.45) is 0 Å². The molecular weight excluding hydrogens is 182 g/mol. The Hall–Kier alpha value is -0.540. The monoisotopic (exact) mass is 186 g/mol. The quantitative estimate of drug-likeness (QED) is 0.459. The van der Waals surface area contributed by atoms with Gasteiger partial charge in [-0.05, 0) is 18.2 Å². The third-order valence-electron chi connectivity index (χ3n) is 1.53. The molecule has 2 nitrogen and oxygen atoms in total. The van der Waals surface area contributed by atoms with Crippen LogP contribution in [0.25, 0.3) is 0 Å². The molecule has 0 N–H and O–H groups in total. The van der Waals surface area contributed by atoms with Crippen molar-refractivity contribution >= 4 is 23.5 Å². The topological polar surface area (TPSA) is 20.1 Å². The molecule has 0 aliphatic carbocycles. The SMILES string of the molecule is O=[N+]1Cc2ccc(Cl)cc2S1. The summed E-state index contributed by atoms with van der Waals surface area (Å²) in [5.74, 6) is 0. The van der Waals surface area contributed by atoms with Crippen molar-refractivity contribution in [2.75, 3.05) is 0 Å². The average Bonchev–Trinajstić information content (AvgIpc) is 2.27. The molecule has 0 fully saturated rings. The lowest BCUT2D eigenvalue weighted by Gasteiger charge is -1.89. The van der Waals surface area contributed by atoms with Gasteiger partial charge in [-0.3, -0.25) is 0 Å². The van der Waals surface area contributed by atoms with Crippen molar-refractivity contribution < 1.29 is 4.17 Å². The van der Waals surface area contributed by atoms with E-state index in [-0.39, 0.29) is 0 Å². The van der Waals surface area contributed by atoms with E-state index in [4.69, 9.17) is 11.6 Å². The maximum absolute atomic E-state index is 10.8. The van der Waals surface area contributed by atoms with Crippen LogP contribution < -0.4 is 0 Å². The summed E-state index contributed by atoms with van der Waals surface area (Å²) in [5, 5.41) is 0.687. The molecule has 1 aliphatic rings. The number of rotatable bonds is 0. The van der Waals surface area contributed by atoms with E-state index in [0.29, 0.717) is 11.6 Å². The van der Waals surface area contributed by atoms with Gasteiger partial charge in [-0.1, -0.05) is 11.6 Å². The highest BCUT2D eigenvalue weighted by Crippen LogP contribution is 2.33. The zero-order chi connectivity index (χ0) is 7.84. The van der Waals surface area contributed by atoms with Crippen LogP contribution in [-0.4, -0.2) is 4.17 Å². The van der Waals surface area contributed by atoms with Gasteiger partial charge < -0.3 is 0 Å². The minimum absolute atomic E-state index is 0.469. The smallest absolute Gasteiger partial charge is 0.0843 e. The molecule has 0 bridgehead atoms. The maximum atomic E-state index is 10.8. The molecule has 0 saturated heterocycles. The van der Waals surface area contributed by atoms with Gasteiger partial charge in [-0.2, -0.15) is 0 Å². The molecule has 0 unspecified atom stereocenters. The van der Waals surface area contributed by atoms with Gasteiger partial charge in [0.2, 0.25) is 6.54 Å². The van der Waals surface area contributed by atoms with Gasteiger partial charge in [0.25, 0.3) is 11.9 Å². The lowest BCUT2D eigenvalue weighted by atomic mass is 10.2. The van der Waals surface area contributed by atoms with Crippen LogP contribution in [-0.2, 0) is 6.54 Å². The summed E-state index contributed by atoms with van der Waals surface area (Å²) < 4.78 is 0.945. The van der Waals surface area contributed by atoms with Crippen LogP contribution in [0.2, 0.25) is 5.02 Å². The van der Waals surface area contributed by atoms with E-state index in [1.165, 1.54) is 11.9 Å². The summed E-state index contributed by atoms with van der Waals surface area (Å²) in [6, 6.07) is 5.52. The van der Waals surface area contributed by atoms with Crippen LogP contribution in [0.5, 0.6) is 0 Å². The van der Waals surface area contributed by atoms with Gasteiger partial charge >= 0.3 is 0 Å². The molecule has 4 heteroatoms. The highest BCUT2D eigenvalue weighted by atomic mass is 35.5. The van der Waals surface area contributed by atoms with E-state index in [2.05, 4.69) is 0 Å². The van der Waals surface area contributed by atoms with E-state index < -0.39 is 0 Å². The standard InChI is InChI=1S/C7H5ClNOS/c8-6-2-1-5-4-9(10)11-7(5)3-6/h1-3H,4H2/q+1. The maximum Gasteiger partial charge on any atom is 0.251 e. The normalized spacial score (nSPS) is 15.2. The van der Waals surface area contributed by atoms with Crippen LogP contribution in [0.15, 0.2) is 23.1 Å². The summed E-state index contributed by atoms with van der Waals surface area (Å²) in [5.41, 5.74) is 1.06. The Bertz CT molecular complexity index is 326. The molecule has 2 rings (SSSR count). The first-order valence-corrected chi connectivity index (χ1v) is 4.32. The summed E-state index contributed by atoms with van der Waals surface area (Å²) in [7, 11) is 0. The van der Waals surface area contributed by atoms with Crippen molar-refractivity contribution in [2.45, 2.75) is 11.4 Å². The second kappa shape index (κ2) is 2.50. The van der Waals surface area contributed by atoms with Gasteiger partial charge in [0, 0.05) is 15.5 Å². The lowest BCUT2D eigenvalue weighted by Crippen LogP contribution is -1.86. The van der Waals surface area contributed by atoms with Crippen LogP contribution in [0.3, 0.4) is 0 Å². The molecule has 0 saturated carbocycles. The molecule has 0 amide bonds. The van der Waals surface area contributed by atoms with Gasteiger partial charge in [0.1, 0.15) is 0 Å². The zero-order valence-corrected chi connectivity index (χ0v) is 7.15. The third kappa shape index (κ3) is 1.26. The molecule has 0 atom stereocenters. The Morgan fingerprint density at radius 3 is 3.18 bits per heavy atom. The molecule has 0 spiro atoms. The van der Waals surface area contributed by atoms with Crippen LogP contribution >= 0.6 is 23.5 Å². The second-order valence-electron chi connectivity index (χ2n) is 2.33. The van der Waals surface area contributed by atoms with Crippen molar-refractivity contribution in [1.82, 2.24) is 0 Å². The number of nitrogens with zero attached hydrogens (tertiary/aromatic N) is 1. The molecule has 56 valence electrons. The average molecular weight is 187 g/mol. The lowest BCUT2D eigenvalue weighted by molar-refractivity contribution is -0.383. The summed E-state index contributed by atoms with van der Waals surface area (Å²) in [6.45, 7) is 0.469. The molecule has 11 heavy (non-hydrogen) atoms. The Kier molecular flexibility index (Phi) is 1.62. The van der Waals surface area contributed by atoms with Crippen molar-refractivity contribution in [3.8, 4) is 0 Å². The Balaban J connectivity index is 2.51. The van der Waals surface area contributed by atoms with E-state index >= 15 is 0 Å². The number of halogens is 1. The number of hydrogen-bond donors (Lipinski definition) is 0. The molecule has 0 radical (unpaired) electrons. The van der Waals surface area contributed by atoms with Crippen molar-refractivity contribution in [3.63, 3.8) is 0 Å². The fourth-order valence-electron chi connectivity index (χ4n) is 1.03. The zero-order valence-electron chi connectivity index (χ0n) is 5.58. The first kappa shape index (κ1) is 7.13. The molecule has 1 aromatic rings. The van der Waals surface area contributed by atoms with E-state index in [1.54, 1.807) is 6.07 Å². The minimum atomic E-state index is 0.469. The fraction of sp³-hybridized carbons (Fsp3) is 0.143. The first-order chi connectivity index (χ1) is 5.25. The number of nitroso groups, excluding NO2 is 1. The molecule has 1 heterocycles. The van der Waals surface area contributed by atoms with E-state index in [9.17, 15) is 4.91 Å². The van der Waals surface area contributed by atoms with Crippen LogP contribution in [0.4, 0.5) is 0 Å². The largest absolute Gasteiger partial charge is 0.251 e. The van der Waals surface area contributed by atoms with Crippen LogP contribution in [0.1, 0.15) is 5.56 Å².